The highest BCUT2D eigenvalue weighted by molar-refractivity contribution is 8.14. The van der Waals surface area contributed by atoms with Crippen molar-refractivity contribution in [1.82, 2.24) is 4.90 Å². The van der Waals surface area contributed by atoms with Gasteiger partial charge < -0.3 is 25.0 Å². The van der Waals surface area contributed by atoms with Crippen LogP contribution in [0.5, 0.6) is 0 Å². The molecule has 3 aliphatic rings. The third kappa shape index (κ3) is 1.94. The van der Waals surface area contributed by atoms with Crippen LogP contribution in [0.3, 0.4) is 0 Å². The van der Waals surface area contributed by atoms with Gasteiger partial charge in [-0.25, -0.2) is 0 Å². The lowest BCUT2D eigenvalue weighted by atomic mass is 9.99. The molecule has 0 amide bonds. The number of thioether (sulfide) groups is 1. The molecule has 3 aliphatic heterocycles. The lowest BCUT2D eigenvalue weighted by Crippen LogP contribution is -2.55. The first-order chi connectivity index (χ1) is 8.60. The third-order valence-corrected chi connectivity index (χ3v) is 4.86. The van der Waals surface area contributed by atoms with Crippen LogP contribution < -0.4 is 0 Å². The van der Waals surface area contributed by atoms with Crippen LogP contribution in [0.1, 0.15) is 6.92 Å². The van der Waals surface area contributed by atoms with Crippen molar-refractivity contribution in [3.05, 3.63) is 0 Å². The Hall–Kier alpha value is -0.340. The monoisotopic (exact) mass is 274 g/mol. The zero-order valence-corrected chi connectivity index (χ0v) is 11.0. The Morgan fingerprint density at radius 1 is 1.39 bits per heavy atom. The van der Waals surface area contributed by atoms with E-state index in [9.17, 15) is 10.2 Å². The lowest BCUT2D eigenvalue weighted by molar-refractivity contribution is -0.164. The van der Waals surface area contributed by atoms with Gasteiger partial charge in [0.15, 0.2) is 5.17 Å². The molecule has 2 saturated heterocycles. The van der Waals surface area contributed by atoms with Crippen LogP contribution in [0, 0.1) is 5.92 Å². The van der Waals surface area contributed by atoms with Gasteiger partial charge in [-0.1, -0.05) is 18.7 Å². The van der Waals surface area contributed by atoms with Gasteiger partial charge in [-0.2, -0.15) is 0 Å². The highest BCUT2D eigenvalue weighted by atomic mass is 32.2. The molecule has 0 bridgehead atoms. The zero-order valence-electron chi connectivity index (χ0n) is 10.1. The summed E-state index contributed by atoms with van der Waals surface area (Å²) in [5, 5.41) is 29.8. The van der Waals surface area contributed by atoms with Gasteiger partial charge in [0.05, 0.1) is 6.61 Å². The molecule has 3 heterocycles. The molecule has 7 heteroatoms. The summed E-state index contributed by atoms with van der Waals surface area (Å²) in [7, 11) is 0. The summed E-state index contributed by atoms with van der Waals surface area (Å²) in [5.74, 6) is 0.678. The second-order valence-electron chi connectivity index (χ2n) is 5.24. The van der Waals surface area contributed by atoms with E-state index in [0.717, 1.165) is 18.3 Å². The number of aliphatic hydroxyl groups is 3. The van der Waals surface area contributed by atoms with Gasteiger partial charge in [0.2, 0.25) is 0 Å². The first kappa shape index (κ1) is 12.7. The number of ether oxygens (including phenoxy) is 1. The summed E-state index contributed by atoms with van der Waals surface area (Å²) >= 11 is 1.48. The molecule has 0 radical (unpaired) electrons. The van der Waals surface area contributed by atoms with Crippen LogP contribution >= 0.6 is 11.8 Å². The molecule has 18 heavy (non-hydrogen) atoms. The number of nitrogens with zero attached hydrogens (tertiary/aromatic N) is 2. The van der Waals surface area contributed by atoms with Crippen molar-refractivity contribution in [3.8, 4) is 0 Å². The Bertz CT molecular complexity index is 361. The van der Waals surface area contributed by atoms with E-state index >= 15 is 0 Å². The highest BCUT2D eigenvalue weighted by Gasteiger charge is 2.49. The quantitative estimate of drug-likeness (QED) is 0.560. The van der Waals surface area contributed by atoms with Gasteiger partial charge in [-0.3, -0.25) is 4.99 Å². The number of hydrogen-bond acceptors (Lipinski definition) is 7. The van der Waals surface area contributed by atoms with E-state index in [1.165, 1.54) is 11.8 Å². The van der Waals surface area contributed by atoms with Crippen LogP contribution in [0.25, 0.3) is 0 Å². The SMILES string of the molecule is CC1CN(C2=N[C@@H]3[C@@H](O)[C@H](O)[C@@H](CO)O[C@@H]3S2)C1. The van der Waals surface area contributed by atoms with Crippen molar-refractivity contribution in [1.29, 1.82) is 0 Å². The van der Waals surface area contributed by atoms with Crippen LogP contribution in [0.2, 0.25) is 0 Å². The number of likely N-dealkylation sites (tertiary alicyclic amines) is 1. The maximum atomic E-state index is 10.0. The molecule has 6 nitrogen and oxygen atoms in total. The van der Waals surface area contributed by atoms with Crippen molar-refractivity contribution in [3.63, 3.8) is 0 Å². The Morgan fingerprint density at radius 3 is 2.72 bits per heavy atom. The molecule has 0 aromatic heterocycles. The maximum Gasteiger partial charge on any atom is 0.162 e. The molecule has 0 unspecified atom stereocenters. The average Bonchev–Trinajstić information content (AvgIpc) is 2.73. The van der Waals surface area contributed by atoms with Crippen LogP contribution in [0.4, 0.5) is 0 Å². The van der Waals surface area contributed by atoms with E-state index in [1.54, 1.807) is 0 Å². The second kappa shape index (κ2) is 4.64. The number of hydrogen-bond donors (Lipinski definition) is 3. The van der Waals surface area contributed by atoms with Gasteiger partial charge in [-0.05, 0) is 5.92 Å². The molecule has 0 aromatic rings. The second-order valence-corrected chi connectivity index (χ2v) is 6.30. The molecular weight excluding hydrogens is 256 g/mol. The largest absolute Gasteiger partial charge is 0.394 e. The molecule has 2 fully saturated rings. The topological polar surface area (TPSA) is 85.5 Å². The van der Waals surface area contributed by atoms with Crippen LogP contribution in [0.15, 0.2) is 4.99 Å². The minimum absolute atomic E-state index is 0.294. The summed E-state index contributed by atoms with van der Waals surface area (Å²) < 4.78 is 5.58. The van der Waals surface area contributed by atoms with Crippen LogP contribution in [-0.2, 0) is 4.74 Å². The minimum atomic E-state index is -1.07. The van der Waals surface area contributed by atoms with Crippen molar-refractivity contribution >= 4 is 16.9 Å². The predicted molar refractivity (Wildman–Crippen MR) is 67.3 cm³/mol. The first-order valence-electron chi connectivity index (χ1n) is 6.22. The maximum absolute atomic E-state index is 10.0. The molecule has 3 N–H and O–H groups in total. The standard InChI is InChI=1S/C11H18N2O4S/c1-5-2-13(3-5)11-12-7-9(16)8(15)6(4-14)17-10(7)18-11/h5-10,14-16H,2-4H2,1H3/t6-,7-,8-,9-,10-/m1/s1. The Morgan fingerprint density at radius 2 is 2.11 bits per heavy atom. The molecule has 102 valence electrons. The molecule has 5 atom stereocenters. The lowest BCUT2D eigenvalue weighted by Gasteiger charge is -2.38. The van der Waals surface area contributed by atoms with Gasteiger partial charge in [0, 0.05) is 13.1 Å². The average molecular weight is 274 g/mol. The molecular formula is C11H18N2O4S. The van der Waals surface area contributed by atoms with Gasteiger partial charge >= 0.3 is 0 Å². The van der Waals surface area contributed by atoms with E-state index in [4.69, 9.17) is 9.84 Å². The molecule has 0 aromatic carbocycles. The first-order valence-corrected chi connectivity index (χ1v) is 7.10. The van der Waals surface area contributed by atoms with Gasteiger partial charge in [0.25, 0.3) is 0 Å². The summed E-state index contributed by atoms with van der Waals surface area (Å²) in [6.45, 7) is 3.85. The van der Waals surface area contributed by atoms with E-state index in [-0.39, 0.29) is 12.0 Å². The van der Waals surface area contributed by atoms with Gasteiger partial charge in [0.1, 0.15) is 29.8 Å². The summed E-state index contributed by atoms with van der Waals surface area (Å²) in [4.78, 5) is 6.61. The molecule has 0 saturated carbocycles. The molecule has 0 spiro atoms. The summed E-state index contributed by atoms with van der Waals surface area (Å²) in [6.07, 6.45) is -2.77. The third-order valence-electron chi connectivity index (χ3n) is 3.66. The number of fused-ring (bicyclic) bond motifs is 1. The Kier molecular flexibility index (Phi) is 3.27. The molecule has 0 aliphatic carbocycles. The fourth-order valence-electron chi connectivity index (χ4n) is 2.58. The van der Waals surface area contributed by atoms with E-state index in [2.05, 4.69) is 16.8 Å². The van der Waals surface area contributed by atoms with Crippen molar-refractivity contribution < 1.29 is 20.1 Å². The Balaban J connectivity index is 1.71. The van der Waals surface area contributed by atoms with E-state index < -0.39 is 24.4 Å². The van der Waals surface area contributed by atoms with Crippen molar-refractivity contribution in [2.45, 2.75) is 36.7 Å². The number of rotatable bonds is 1. The van der Waals surface area contributed by atoms with E-state index in [1.807, 2.05) is 0 Å². The number of amidine groups is 1. The fraction of sp³-hybridized carbons (Fsp3) is 0.909. The Labute approximate surface area is 110 Å². The number of aliphatic hydroxyl groups excluding tert-OH is 3. The summed E-state index contributed by atoms with van der Waals surface area (Å²) in [6, 6.07) is -0.432. The van der Waals surface area contributed by atoms with Crippen LogP contribution in [-0.4, -0.2) is 74.9 Å². The normalized spacial score (nSPS) is 44.6. The minimum Gasteiger partial charge on any atom is -0.394 e. The highest BCUT2D eigenvalue weighted by Crippen LogP contribution is 2.38. The fourth-order valence-corrected chi connectivity index (χ4v) is 3.82. The predicted octanol–water partition coefficient (Wildman–Crippen LogP) is -1.15. The van der Waals surface area contributed by atoms with Crippen molar-refractivity contribution in [2.24, 2.45) is 10.9 Å². The zero-order chi connectivity index (χ0) is 12.9. The number of aliphatic imine (C=N–C) groups is 1. The summed E-state index contributed by atoms with van der Waals surface area (Å²) in [5.41, 5.74) is -0.300. The van der Waals surface area contributed by atoms with Crippen molar-refractivity contribution in [2.75, 3.05) is 19.7 Å². The molecule has 3 rings (SSSR count). The van der Waals surface area contributed by atoms with Gasteiger partial charge in [-0.15, -0.1) is 0 Å². The van der Waals surface area contributed by atoms with E-state index in [0.29, 0.717) is 5.92 Å². The smallest absolute Gasteiger partial charge is 0.162 e.